The minimum absolute atomic E-state index is 0.162. The van der Waals surface area contributed by atoms with Gasteiger partial charge in [-0.15, -0.1) is 11.8 Å². The summed E-state index contributed by atoms with van der Waals surface area (Å²) in [6.45, 7) is 0. The van der Waals surface area contributed by atoms with E-state index >= 15 is 0 Å². The number of hydrazone groups is 1. The molecule has 1 amide bonds. The van der Waals surface area contributed by atoms with E-state index in [0.717, 1.165) is 16.2 Å². The molecular weight excluding hydrogens is 320 g/mol. The normalized spacial score (nSPS) is 10.6. The van der Waals surface area contributed by atoms with Crippen molar-refractivity contribution in [2.75, 3.05) is 12.9 Å². The summed E-state index contributed by atoms with van der Waals surface area (Å²) in [5.41, 5.74) is 3.37. The highest BCUT2D eigenvalue weighted by Gasteiger charge is 2.01. The van der Waals surface area contributed by atoms with Gasteiger partial charge in [0.25, 0.3) is 0 Å². The Morgan fingerprint density at radius 1 is 1.23 bits per heavy atom. The lowest BCUT2D eigenvalue weighted by atomic mass is 10.2. The van der Waals surface area contributed by atoms with E-state index in [2.05, 4.69) is 10.5 Å². The first kappa shape index (κ1) is 16.4. The maximum atomic E-state index is 11.7. The molecule has 114 valence electrons. The molecule has 22 heavy (non-hydrogen) atoms. The van der Waals surface area contributed by atoms with E-state index in [4.69, 9.17) is 16.3 Å². The van der Waals surface area contributed by atoms with Gasteiger partial charge in [-0.05, 0) is 54.1 Å². The number of carbonyl (C=O) groups is 1. The molecule has 2 aromatic rings. The van der Waals surface area contributed by atoms with Crippen molar-refractivity contribution in [1.29, 1.82) is 0 Å². The minimum atomic E-state index is -0.162. The zero-order valence-corrected chi connectivity index (χ0v) is 13.5. The number of ether oxygens (including phenoxy) is 1. The van der Waals surface area contributed by atoms with E-state index in [1.54, 1.807) is 25.5 Å². The first-order chi connectivity index (χ1) is 10.7. The molecule has 0 unspecified atom stereocenters. The van der Waals surface area contributed by atoms with E-state index in [9.17, 15) is 4.79 Å². The van der Waals surface area contributed by atoms with Crippen LogP contribution in [-0.4, -0.2) is 25.0 Å². The standard InChI is InChI=1S/C16H15ClN2O2S/c1-21-14-6-2-12(3-7-14)10-18-19-16(20)11-22-15-8-4-13(17)5-9-15/h2-10H,11H2,1H3,(H,19,20). The van der Waals surface area contributed by atoms with Crippen molar-refractivity contribution in [2.45, 2.75) is 4.90 Å². The third-order valence-electron chi connectivity index (χ3n) is 2.70. The fourth-order valence-corrected chi connectivity index (χ4v) is 2.40. The number of hydrogen-bond donors (Lipinski definition) is 1. The molecule has 4 nitrogen and oxygen atoms in total. The highest BCUT2D eigenvalue weighted by molar-refractivity contribution is 8.00. The maximum Gasteiger partial charge on any atom is 0.250 e. The summed E-state index contributed by atoms with van der Waals surface area (Å²) in [6, 6.07) is 14.7. The lowest BCUT2D eigenvalue weighted by molar-refractivity contribution is -0.118. The first-order valence-electron chi connectivity index (χ1n) is 6.52. The molecule has 2 rings (SSSR count). The summed E-state index contributed by atoms with van der Waals surface area (Å²) >= 11 is 7.23. The van der Waals surface area contributed by atoms with E-state index in [-0.39, 0.29) is 5.91 Å². The van der Waals surface area contributed by atoms with Crippen LogP contribution in [0, 0.1) is 0 Å². The fraction of sp³-hybridized carbons (Fsp3) is 0.125. The van der Waals surface area contributed by atoms with Crippen LogP contribution in [0.2, 0.25) is 5.02 Å². The molecule has 6 heteroatoms. The van der Waals surface area contributed by atoms with Gasteiger partial charge in [0.05, 0.1) is 19.1 Å². The second-order valence-corrected chi connectivity index (χ2v) is 5.79. The molecule has 0 radical (unpaired) electrons. The highest BCUT2D eigenvalue weighted by atomic mass is 35.5. The van der Waals surface area contributed by atoms with Gasteiger partial charge >= 0.3 is 0 Å². The smallest absolute Gasteiger partial charge is 0.250 e. The Labute approximate surface area is 138 Å². The van der Waals surface area contributed by atoms with Crippen LogP contribution in [0.3, 0.4) is 0 Å². The van der Waals surface area contributed by atoms with Gasteiger partial charge in [-0.25, -0.2) is 5.43 Å². The van der Waals surface area contributed by atoms with Crippen LogP contribution in [0.5, 0.6) is 5.75 Å². The van der Waals surface area contributed by atoms with Crippen LogP contribution < -0.4 is 10.2 Å². The number of carbonyl (C=O) groups excluding carboxylic acids is 1. The molecular formula is C16H15ClN2O2S. The molecule has 1 N–H and O–H groups in total. The minimum Gasteiger partial charge on any atom is -0.497 e. The Morgan fingerprint density at radius 2 is 1.91 bits per heavy atom. The second kappa shape index (κ2) is 8.46. The van der Waals surface area contributed by atoms with Crippen molar-refractivity contribution in [3.8, 4) is 5.75 Å². The quantitative estimate of drug-likeness (QED) is 0.499. The van der Waals surface area contributed by atoms with Gasteiger partial charge in [0.1, 0.15) is 5.75 Å². The average molecular weight is 335 g/mol. The largest absolute Gasteiger partial charge is 0.497 e. The summed E-state index contributed by atoms with van der Waals surface area (Å²) in [5, 5.41) is 4.60. The molecule has 0 fully saturated rings. The average Bonchev–Trinajstić information content (AvgIpc) is 2.55. The molecule has 0 aliphatic carbocycles. The number of thioether (sulfide) groups is 1. The monoisotopic (exact) mass is 334 g/mol. The third kappa shape index (κ3) is 5.42. The van der Waals surface area contributed by atoms with Crippen LogP contribution in [0.1, 0.15) is 5.56 Å². The molecule has 0 aromatic heterocycles. The van der Waals surface area contributed by atoms with Crippen molar-refractivity contribution in [1.82, 2.24) is 5.43 Å². The van der Waals surface area contributed by atoms with Crippen LogP contribution in [0.15, 0.2) is 58.5 Å². The topological polar surface area (TPSA) is 50.7 Å². The van der Waals surface area contributed by atoms with Gasteiger partial charge in [-0.1, -0.05) is 11.6 Å². The number of nitrogens with one attached hydrogen (secondary N) is 1. The van der Waals surface area contributed by atoms with Crippen molar-refractivity contribution in [3.05, 3.63) is 59.1 Å². The number of methoxy groups -OCH3 is 1. The van der Waals surface area contributed by atoms with Gasteiger partial charge in [-0.3, -0.25) is 4.79 Å². The predicted octanol–water partition coefficient (Wildman–Crippen LogP) is 3.59. The lowest BCUT2D eigenvalue weighted by Gasteiger charge is -2.01. The maximum absolute atomic E-state index is 11.7. The summed E-state index contributed by atoms with van der Waals surface area (Å²) in [6.07, 6.45) is 1.59. The van der Waals surface area contributed by atoms with Gasteiger partial charge < -0.3 is 4.74 Å². The number of hydrogen-bond acceptors (Lipinski definition) is 4. The van der Waals surface area contributed by atoms with Crippen LogP contribution in [-0.2, 0) is 4.79 Å². The molecule has 0 heterocycles. The van der Waals surface area contributed by atoms with Gasteiger partial charge in [-0.2, -0.15) is 5.10 Å². The van der Waals surface area contributed by atoms with E-state index in [0.29, 0.717) is 10.8 Å². The number of benzene rings is 2. The lowest BCUT2D eigenvalue weighted by Crippen LogP contribution is -2.19. The third-order valence-corrected chi connectivity index (χ3v) is 3.97. The van der Waals surface area contributed by atoms with Crippen molar-refractivity contribution in [3.63, 3.8) is 0 Å². The van der Waals surface area contributed by atoms with Crippen molar-refractivity contribution < 1.29 is 9.53 Å². The van der Waals surface area contributed by atoms with Gasteiger partial charge in [0, 0.05) is 9.92 Å². The van der Waals surface area contributed by atoms with Crippen LogP contribution >= 0.6 is 23.4 Å². The zero-order valence-electron chi connectivity index (χ0n) is 12.0. The SMILES string of the molecule is COc1ccc(C=NNC(=O)CSc2ccc(Cl)cc2)cc1. The summed E-state index contributed by atoms with van der Waals surface area (Å²) in [7, 11) is 1.61. The zero-order chi connectivity index (χ0) is 15.8. The highest BCUT2D eigenvalue weighted by Crippen LogP contribution is 2.19. The molecule has 0 aliphatic heterocycles. The number of amides is 1. The van der Waals surface area contributed by atoms with Crippen LogP contribution in [0.25, 0.3) is 0 Å². The Bertz CT molecular complexity index is 642. The first-order valence-corrected chi connectivity index (χ1v) is 7.88. The molecule has 0 spiro atoms. The fourth-order valence-electron chi connectivity index (χ4n) is 1.58. The summed E-state index contributed by atoms with van der Waals surface area (Å²) in [5.74, 6) is 0.909. The molecule has 0 bridgehead atoms. The van der Waals surface area contributed by atoms with Gasteiger partial charge in [0.15, 0.2) is 0 Å². The van der Waals surface area contributed by atoms with E-state index in [1.165, 1.54) is 11.8 Å². The van der Waals surface area contributed by atoms with Gasteiger partial charge in [0.2, 0.25) is 5.91 Å². The Balaban J connectivity index is 1.76. The molecule has 2 aromatic carbocycles. The predicted molar refractivity (Wildman–Crippen MR) is 90.9 cm³/mol. The molecule has 0 saturated carbocycles. The summed E-state index contributed by atoms with van der Waals surface area (Å²) < 4.78 is 5.07. The van der Waals surface area contributed by atoms with E-state index in [1.807, 2.05) is 36.4 Å². The molecule has 0 saturated heterocycles. The molecule has 0 atom stereocenters. The number of halogens is 1. The van der Waals surface area contributed by atoms with Crippen molar-refractivity contribution >= 4 is 35.5 Å². The molecule has 0 aliphatic rings. The van der Waals surface area contributed by atoms with Crippen LogP contribution in [0.4, 0.5) is 0 Å². The second-order valence-electron chi connectivity index (χ2n) is 4.31. The Hall–Kier alpha value is -1.98. The number of rotatable bonds is 6. The summed E-state index contributed by atoms with van der Waals surface area (Å²) in [4.78, 5) is 12.7. The van der Waals surface area contributed by atoms with Crippen molar-refractivity contribution in [2.24, 2.45) is 5.10 Å². The number of nitrogens with zero attached hydrogens (tertiary/aromatic N) is 1. The Kier molecular flexibility index (Phi) is 6.30. The Morgan fingerprint density at radius 3 is 2.55 bits per heavy atom. The van der Waals surface area contributed by atoms with E-state index < -0.39 is 0 Å².